The van der Waals surface area contributed by atoms with Gasteiger partial charge in [-0.25, -0.2) is 9.18 Å². The van der Waals surface area contributed by atoms with E-state index in [0.29, 0.717) is 5.69 Å². The van der Waals surface area contributed by atoms with E-state index in [9.17, 15) is 14.0 Å². The summed E-state index contributed by atoms with van der Waals surface area (Å²) in [6.07, 6.45) is 0. The minimum Gasteiger partial charge on any atom is -0.478 e. The van der Waals surface area contributed by atoms with Gasteiger partial charge in [0.15, 0.2) is 0 Å². The van der Waals surface area contributed by atoms with Gasteiger partial charge in [0.05, 0.1) is 17.9 Å². The van der Waals surface area contributed by atoms with Crippen molar-refractivity contribution in [2.75, 3.05) is 17.2 Å². The van der Waals surface area contributed by atoms with E-state index < -0.39 is 23.3 Å². The van der Waals surface area contributed by atoms with Gasteiger partial charge in [0.2, 0.25) is 5.91 Å². The molecule has 0 atom stereocenters. The second kappa shape index (κ2) is 3.23. The van der Waals surface area contributed by atoms with Crippen molar-refractivity contribution in [1.29, 1.82) is 0 Å². The molecule has 1 aromatic rings. The second-order valence-electron chi connectivity index (χ2n) is 3.05. The number of carboxylic acids is 1. The molecule has 1 aromatic carbocycles. The van der Waals surface area contributed by atoms with Crippen molar-refractivity contribution < 1.29 is 19.1 Å². The van der Waals surface area contributed by atoms with Gasteiger partial charge in [0.25, 0.3) is 0 Å². The fraction of sp³-hybridized carbons (Fsp3) is 0.111. The lowest BCUT2D eigenvalue weighted by Crippen LogP contribution is -2.29. The molecule has 1 aliphatic rings. The number of hydrogen-bond donors (Lipinski definition) is 3. The van der Waals surface area contributed by atoms with Crippen LogP contribution in [0.25, 0.3) is 0 Å². The van der Waals surface area contributed by atoms with E-state index in [4.69, 9.17) is 5.11 Å². The number of carbonyl (C=O) groups is 2. The number of anilines is 2. The van der Waals surface area contributed by atoms with Crippen molar-refractivity contribution in [3.8, 4) is 0 Å². The molecule has 0 unspecified atom stereocenters. The Labute approximate surface area is 83.9 Å². The van der Waals surface area contributed by atoms with Crippen LogP contribution >= 0.6 is 0 Å². The Morgan fingerprint density at radius 1 is 1.47 bits per heavy atom. The first-order valence-corrected chi connectivity index (χ1v) is 4.19. The first-order chi connectivity index (χ1) is 7.09. The molecule has 78 valence electrons. The summed E-state index contributed by atoms with van der Waals surface area (Å²) >= 11 is 0. The number of nitrogens with one attached hydrogen (secondary N) is 2. The number of aromatic carboxylic acids is 1. The maximum atomic E-state index is 13.2. The molecule has 15 heavy (non-hydrogen) atoms. The molecular weight excluding hydrogens is 203 g/mol. The summed E-state index contributed by atoms with van der Waals surface area (Å²) in [5.74, 6) is -2.67. The minimum absolute atomic E-state index is 0.0150. The summed E-state index contributed by atoms with van der Waals surface area (Å²) in [4.78, 5) is 21.8. The van der Waals surface area contributed by atoms with Gasteiger partial charge in [0, 0.05) is 0 Å². The van der Waals surface area contributed by atoms with Crippen LogP contribution in [0.3, 0.4) is 0 Å². The highest BCUT2D eigenvalue weighted by atomic mass is 19.1. The molecule has 1 heterocycles. The summed E-state index contributed by atoms with van der Waals surface area (Å²) in [7, 11) is 0. The van der Waals surface area contributed by atoms with E-state index in [0.717, 1.165) is 6.07 Å². The number of fused-ring (bicyclic) bond motifs is 1. The quantitative estimate of drug-likeness (QED) is 0.643. The number of amides is 1. The van der Waals surface area contributed by atoms with E-state index in [1.165, 1.54) is 6.07 Å². The fourth-order valence-electron chi connectivity index (χ4n) is 1.42. The van der Waals surface area contributed by atoms with Crippen LogP contribution in [-0.4, -0.2) is 23.5 Å². The van der Waals surface area contributed by atoms with Gasteiger partial charge in [-0.15, -0.1) is 0 Å². The number of benzene rings is 1. The number of carboxylic acid groups (broad SMARTS) is 1. The molecule has 2 rings (SSSR count). The highest BCUT2D eigenvalue weighted by Gasteiger charge is 2.24. The summed E-state index contributed by atoms with van der Waals surface area (Å²) in [5, 5.41) is 13.8. The molecule has 0 saturated heterocycles. The Bertz CT molecular complexity index is 459. The van der Waals surface area contributed by atoms with Crippen molar-refractivity contribution in [2.45, 2.75) is 0 Å². The Morgan fingerprint density at radius 2 is 2.20 bits per heavy atom. The summed E-state index contributed by atoms with van der Waals surface area (Å²) in [6.45, 7) is 0.0533. The molecule has 3 N–H and O–H groups in total. The Balaban J connectivity index is 2.62. The van der Waals surface area contributed by atoms with Crippen LogP contribution in [0.1, 0.15) is 10.4 Å². The summed E-state index contributed by atoms with van der Waals surface area (Å²) in [6, 6.07) is 2.43. The first-order valence-electron chi connectivity index (χ1n) is 4.19. The van der Waals surface area contributed by atoms with Gasteiger partial charge in [-0.1, -0.05) is 0 Å². The van der Waals surface area contributed by atoms with Crippen LogP contribution in [0.2, 0.25) is 0 Å². The third kappa shape index (κ3) is 1.50. The molecule has 1 aliphatic heterocycles. The summed E-state index contributed by atoms with van der Waals surface area (Å²) < 4.78 is 13.2. The molecule has 5 nitrogen and oxygen atoms in total. The molecule has 0 spiro atoms. The number of hydrogen-bond acceptors (Lipinski definition) is 3. The van der Waals surface area contributed by atoms with Crippen LogP contribution in [0, 0.1) is 5.82 Å². The molecule has 0 radical (unpaired) electrons. The lowest BCUT2D eigenvalue weighted by atomic mass is 10.1. The van der Waals surface area contributed by atoms with Gasteiger partial charge in [-0.05, 0) is 12.1 Å². The lowest BCUT2D eigenvalue weighted by molar-refractivity contribution is -0.114. The van der Waals surface area contributed by atoms with Crippen molar-refractivity contribution in [2.24, 2.45) is 0 Å². The fourth-order valence-corrected chi connectivity index (χ4v) is 1.42. The van der Waals surface area contributed by atoms with Crippen LogP contribution in [0.5, 0.6) is 0 Å². The number of carbonyl (C=O) groups excluding carboxylic acids is 1. The Kier molecular flexibility index (Phi) is 2.03. The highest BCUT2D eigenvalue weighted by Crippen LogP contribution is 2.30. The zero-order chi connectivity index (χ0) is 11.0. The lowest BCUT2D eigenvalue weighted by Gasteiger charge is -2.20. The topological polar surface area (TPSA) is 78.4 Å². The van der Waals surface area contributed by atoms with Gasteiger partial charge in [-0.3, -0.25) is 4.79 Å². The van der Waals surface area contributed by atoms with E-state index in [-0.39, 0.29) is 12.2 Å². The molecule has 0 aliphatic carbocycles. The van der Waals surface area contributed by atoms with Crippen molar-refractivity contribution in [3.63, 3.8) is 0 Å². The van der Waals surface area contributed by atoms with Crippen molar-refractivity contribution in [3.05, 3.63) is 23.5 Å². The molecule has 0 fully saturated rings. The van der Waals surface area contributed by atoms with Gasteiger partial charge in [-0.2, -0.15) is 0 Å². The van der Waals surface area contributed by atoms with E-state index in [2.05, 4.69) is 10.6 Å². The predicted octanol–water partition coefficient (Wildman–Crippen LogP) is 0.888. The minimum atomic E-state index is -1.41. The van der Waals surface area contributed by atoms with Crippen LogP contribution in [-0.2, 0) is 4.79 Å². The van der Waals surface area contributed by atoms with Crippen LogP contribution in [0.4, 0.5) is 15.8 Å². The molecule has 0 aromatic heterocycles. The van der Waals surface area contributed by atoms with Gasteiger partial charge in [0.1, 0.15) is 11.4 Å². The third-order valence-electron chi connectivity index (χ3n) is 2.07. The number of rotatable bonds is 1. The van der Waals surface area contributed by atoms with Gasteiger partial charge < -0.3 is 15.7 Å². The smallest absolute Gasteiger partial charge is 0.340 e. The molecule has 0 bridgehead atoms. The standard InChI is InChI=1S/C9H7FN2O3/c10-4-1-2-5-8(7(4)9(14)15)12-6(13)3-11-5/h1-2,11H,3H2,(H,12,13)(H,14,15). The van der Waals surface area contributed by atoms with Gasteiger partial charge >= 0.3 is 5.97 Å². The summed E-state index contributed by atoms with van der Waals surface area (Å²) in [5.41, 5.74) is -0.125. The zero-order valence-electron chi connectivity index (χ0n) is 7.50. The first kappa shape index (κ1) is 9.45. The Hall–Kier alpha value is -2.11. The normalized spacial score (nSPS) is 13.8. The maximum Gasteiger partial charge on any atom is 0.340 e. The number of halogens is 1. The second-order valence-corrected chi connectivity index (χ2v) is 3.05. The zero-order valence-corrected chi connectivity index (χ0v) is 7.50. The van der Waals surface area contributed by atoms with E-state index in [1.54, 1.807) is 0 Å². The van der Waals surface area contributed by atoms with Crippen molar-refractivity contribution in [1.82, 2.24) is 0 Å². The Morgan fingerprint density at radius 3 is 2.87 bits per heavy atom. The molecule has 0 saturated carbocycles. The molecule has 1 amide bonds. The largest absolute Gasteiger partial charge is 0.478 e. The SMILES string of the molecule is O=C1CNc2ccc(F)c(C(=O)O)c2N1. The predicted molar refractivity (Wildman–Crippen MR) is 50.5 cm³/mol. The molecule has 6 heteroatoms. The van der Waals surface area contributed by atoms with Crippen LogP contribution in [0.15, 0.2) is 12.1 Å². The highest BCUT2D eigenvalue weighted by molar-refractivity contribution is 6.08. The third-order valence-corrected chi connectivity index (χ3v) is 2.07. The average Bonchev–Trinajstić information content (AvgIpc) is 2.16. The maximum absolute atomic E-state index is 13.2. The average molecular weight is 210 g/mol. The van der Waals surface area contributed by atoms with Crippen molar-refractivity contribution >= 4 is 23.3 Å². The monoisotopic (exact) mass is 210 g/mol. The van der Waals surface area contributed by atoms with E-state index >= 15 is 0 Å². The van der Waals surface area contributed by atoms with E-state index in [1.807, 2.05) is 0 Å². The molecular formula is C9H7FN2O3. The van der Waals surface area contributed by atoms with Crippen LogP contribution < -0.4 is 10.6 Å².